The van der Waals surface area contributed by atoms with E-state index in [2.05, 4.69) is 5.10 Å². The average molecular weight is 431 g/mol. The van der Waals surface area contributed by atoms with Crippen molar-refractivity contribution in [2.45, 2.75) is 27.3 Å². The van der Waals surface area contributed by atoms with Crippen molar-refractivity contribution in [3.8, 4) is 5.88 Å². The highest BCUT2D eigenvalue weighted by atomic mass is 35.5. The van der Waals surface area contributed by atoms with Gasteiger partial charge in [0.15, 0.2) is 12.4 Å². The lowest BCUT2D eigenvalue weighted by Gasteiger charge is -2.12. The van der Waals surface area contributed by atoms with E-state index in [0.29, 0.717) is 33.3 Å². The molecule has 0 aliphatic carbocycles. The Balaban J connectivity index is 1.93. The molecule has 0 aliphatic rings. The third-order valence-electron chi connectivity index (χ3n) is 4.62. The molecule has 0 saturated heterocycles. The number of carbonyl (C=O) groups excluding carboxylic acids is 2. The van der Waals surface area contributed by atoms with E-state index in [0.717, 1.165) is 5.56 Å². The molecule has 0 saturated carbocycles. The second-order valence-corrected chi connectivity index (χ2v) is 7.34. The monoisotopic (exact) mass is 430 g/mol. The zero-order valence-electron chi connectivity index (χ0n) is 16.3. The van der Waals surface area contributed by atoms with E-state index in [9.17, 15) is 9.59 Å². The van der Waals surface area contributed by atoms with Crippen LogP contribution in [0.15, 0.2) is 42.6 Å². The van der Waals surface area contributed by atoms with Gasteiger partial charge >= 0.3 is 0 Å². The highest BCUT2D eigenvalue weighted by molar-refractivity contribution is 6.39. The van der Waals surface area contributed by atoms with Crippen LogP contribution in [-0.2, 0) is 6.54 Å². The number of benzene rings is 2. The van der Waals surface area contributed by atoms with E-state index in [1.807, 2.05) is 19.9 Å². The minimum atomic E-state index is -0.334. The molecule has 0 bridgehead atoms. The summed E-state index contributed by atoms with van der Waals surface area (Å²) in [6, 6.07) is 10.5. The number of aromatic nitrogens is 2. The number of hydrogen-bond acceptors (Lipinski definition) is 4. The van der Waals surface area contributed by atoms with Gasteiger partial charge in [0.2, 0.25) is 11.7 Å². The third kappa shape index (κ3) is 4.21. The summed E-state index contributed by atoms with van der Waals surface area (Å²) in [6.07, 6.45) is 1.43. The Hall–Kier alpha value is -2.63. The van der Waals surface area contributed by atoms with Gasteiger partial charge in [0.05, 0.1) is 11.2 Å². The molecule has 0 atom stereocenters. The molecule has 0 amide bonds. The summed E-state index contributed by atoms with van der Waals surface area (Å²) >= 11 is 12.6. The van der Waals surface area contributed by atoms with Gasteiger partial charge in [-0.05, 0) is 38.0 Å². The van der Waals surface area contributed by atoms with Crippen LogP contribution in [0.3, 0.4) is 0 Å². The number of halogens is 2. The van der Waals surface area contributed by atoms with Gasteiger partial charge in [-0.2, -0.15) is 5.10 Å². The Morgan fingerprint density at radius 1 is 1.07 bits per heavy atom. The Bertz CT molecular complexity index is 1080. The predicted molar refractivity (Wildman–Crippen MR) is 114 cm³/mol. The molecule has 150 valence electrons. The van der Waals surface area contributed by atoms with E-state index in [1.54, 1.807) is 37.3 Å². The molecule has 3 aromatic rings. The highest BCUT2D eigenvalue weighted by Crippen LogP contribution is 2.33. The van der Waals surface area contributed by atoms with Gasteiger partial charge in [-0.25, -0.2) is 4.68 Å². The highest BCUT2D eigenvalue weighted by Gasteiger charge is 2.24. The van der Waals surface area contributed by atoms with Crippen LogP contribution in [0, 0.1) is 13.8 Å². The molecule has 1 heterocycles. The topological polar surface area (TPSA) is 61.2 Å². The quantitative estimate of drug-likeness (QED) is 0.475. The normalized spacial score (nSPS) is 10.8. The molecule has 0 aliphatic heterocycles. The van der Waals surface area contributed by atoms with Gasteiger partial charge in [0.1, 0.15) is 5.56 Å². The van der Waals surface area contributed by atoms with Crippen LogP contribution in [0.1, 0.15) is 44.3 Å². The first-order valence-electron chi connectivity index (χ1n) is 9.11. The Kier molecular flexibility index (Phi) is 6.40. The van der Waals surface area contributed by atoms with Crippen LogP contribution < -0.4 is 4.74 Å². The van der Waals surface area contributed by atoms with E-state index < -0.39 is 0 Å². The predicted octanol–water partition coefficient (Wildman–Crippen LogP) is 5.32. The van der Waals surface area contributed by atoms with Crippen LogP contribution in [-0.4, -0.2) is 28.0 Å². The maximum Gasteiger partial charge on any atom is 0.223 e. The first kappa shape index (κ1) is 21.1. The van der Waals surface area contributed by atoms with Crippen LogP contribution in [0.4, 0.5) is 0 Å². The summed E-state index contributed by atoms with van der Waals surface area (Å²) in [7, 11) is 0. The smallest absolute Gasteiger partial charge is 0.223 e. The zero-order chi connectivity index (χ0) is 21.1. The summed E-state index contributed by atoms with van der Waals surface area (Å²) < 4.78 is 7.28. The van der Waals surface area contributed by atoms with Crippen molar-refractivity contribution in [1.29, 1.82) is 0 Å². The molecule has 0 radical (unpaired) electrons. The largest absolute Gasteiger partial charge is 0.469 e. The van der Waals surface area contributed by atoms with Gasteiger partial charge < -0.3 is 4.74 Å². The van der Waals surface area contributed by atoms with Gasteiger partial charge in [-0.15, -0.1) is 0 Å². The molecule has 29 heavy (non-hydrogen) atoms. The van der Waals surface area contributed by atoms with Crippen molar-refractivity contribution in [1.82, 2.24) is 9.78 Å². The Labute approximate surface area is 179 Å². The average Bonchev–Trinajstić information content (AvgIpc) is 3.16. The lowest BCUT2D eigenvalue weighted by atomic mass is 10.0. The first-order chi connectivity index (χ1) is 13.8. The van der Waals surface area contributed by atoms with Crippen molar-refractivity contribution in [3.05, 3.63) is 80.5 Å². The maximum absolute atomic E-state index is 13.2. The molecule has 0 N–H and O–H groups in total. The molecule has 0 unspecified atom stereocenters. The number of ketones is 2. The fraction of sp³-hybridized carbons (Fsp3) is 0.227. The number of rotatable bonds is 7. The van der Waals surface area contributed by atoms with Crippen LogP contribution in [0.25, 0.3) is 0 Å². The number of carbonyl (C=O) groups is 2. The number of hydrogen-bond donors (Lipinski definition) is 0. The van der Waals surface area contributed by atoms with E-state index in [-0.39, 0.29) is 29.6 Å². The second-order valence-electron chi connectivity index (χ2n) is 6.58. The fourth-order valence-corrected chi connectivity index (χ4v) is 3.43. The molecule has 3 rings (SSSR count). The van der Waals surface area contributed by atoms with Crippen molar-refractivity contribution in [2.75, 3.05) is 6.61 Å². The minimum absolute atomic E-state index is 0.191. The van der Waals surface area contributed by atoms with E-state index in [1.165, 1.54) is 10.9 Å². The van der Waals surface area contributed by atoms with Crippen molar-refractivity contribution >= 4 is 34.8 Å². The molecule has 2 aromatic carbocycles. The van der Waals surface area contributed by atoms with E-state index >= 15 is 0 Å². The molecule has 1 aromatic heterocycles. The molecule has 0 fully saturated rings. The SMILES string of the molecule is CCn1ncc(C(=O)c2cc(C)c(Cl)c(C)c2Cl)c1OCC(=O)c1ccccc1. The maximum atomic E-state index is 13.2. The zero-order valence-corrected chi connectivity index (χ0v) is 17.8. The van der Waals surface area contributed by atoms with Gasteiger partial charge in [-0.1, -0.05) is 53.5 Å². The first-order valence-corrected chi connectivity index (χ1v) is 9.87. The molecule has 5 nitrogen and oxygen atoms in total. The summed E-state index contributed by atoms with van der Waals surface area (Å²) in [5, 5.41) is 5.04. The lowest BCUT2D eigenvalue weighted by molar-refractivity contribution is 0.0907. The third-order valence-corrected chi connectivity index (χ3v) is 5.69. The number of aryl methyl sites for hydroxylation is 2. The van der Waals surface area contributed by atoms with Gasteiger partial charge in [-0.3, -0.25) is 9.59 Å². The standard InChI is InChI=1S/C22H20Cl2N2O3/c1-4-26-22(29-12-18(27)15-8-6-5-7-9-15)17(11-25-26)21(28)16-10-13(2)19(23)14(3)20(16)24/h5-11H,4,12H2,1-3H3. The summed E-state index contributed by atoms with van der Waals surface area (Å²) in [5.41, 5.74) is 2.49. The number of nitrogens with zero attached hydrogens (tertiary/aromatic N) is 2. The van der Waals surface area contributed by atoms with Crippen molar-refractivity contribution in [2.24, 2.45) is 0 Å². The Morgan fingerprint density at radius 2 is 1.76 bits per heavy atom. The van der Waals surface area contributed by atoms with Gasteiger partial charge in [0.25, 0.3) is 0 Å². The van der Waals surface area contributed by atoms with E-state index in [4.69, 9.17) is 27.9 Å². The summed E-state index contributed by atoms with van der Waals surface area (Å²) in [6.45, 7) is 5.72. The second kappa shape index (κ2) is 8.80. The Morgan fingerprint density at radius 3 is 2.41 bits per heavy atom. The molecular weight excluding hydrogens is 411 g/mol. The molecule has 7 heteroatoms. The number of Topliss-reactive ketones (excluding diaryl/α,β-unsaturated/α-hetero) is 1. The summed E-state index contributed by atoms with van der Waals surface area (Å²) in [4.78, 5) is 25.6. The summed E-state index contributed by atoms with van der Waals surface area (Å²) in [5.74, 6) is -0.285. The van der Waals surface area contributed by atoms with Crippen LogP contribution in [0.5, 0.6) is 5.88 Å². The lowest BCUT2D eigenvalue weighted by Crippen LogP contribution is -2.16. The fourth-order valence-electron chi connectivity index (χ4n) is 3.00. The number of ether oxygens (including phenoxy) is 1. The van der Waals surface area contributed by atoms with Gasteiger partial charge in [0, 0.05) is 22.7 Å². The van der Waals surface area contributed by atoms with Crippen LogP contribution in [0.2, 0.25) is 10.0 Å². The minimum Gasteiger partial charge on any atom is -0.469 e. The van der Waals surface area contributed by atoms with Crippen molar-refractivity contribution < 1.29 is 14.3 Å². The van der Waals surface area contributed by atoms with Crippen LogP contribution >= 0.6 is 23.2 Å². The molecular formula is C22H20Cl2N2O3. The molecule has 0 spiro atoms. The van der Waals surface area contributed by atoms with Crippen molar-refractivity contribution in [3.63, 3.8) is 0 Å².